The number of rotatable bonds is 8. The summed E-state index contributed by atoms with van der Waals surface area (Å²) in [6.07, 6.45) is 8.43. The summed E-state index contributed by atoms with van der Waals surface area (Å²) in [6.45, 7) is 5.51. The van der Waals surface area contributed by atoms with Gasteiger partial charge in [-0.15, -0.1) is 0 Å². The van der Waals surface area contributed by atoms with Crippen LogP contribution in [0.3, 0.4) is 0 Å². The van der Waals surface area contributed by atoms with Gasteiger partial charge in [-0.2, -0.15) is 4.98 Å². The molecule has 1 saturated heterocycles. The van der Waals surface area contributed by atoms with Crippen molar-refractivity contribution in [2.75, 3.05) is 11.9 Å². The maximum atomic E-state index is 15.0. The summed E-state index contributed by atoms with van der Waals surface area (Å²) in [5, 5.41) is 3.41. The summed E-state index contributed by atoms with van der Waals surface area (Å²) in [5.74, 6) is -1.96. The summed E-state index contributed by atoms with van der Waals surface area (Å²) in [4.78, 5) is 49.2. The van der Waals surface area contributed by atoms with Crippen molar-refractivity contribution in [2.24, 2.45) is 11.3 Å². The number of carbonyl (C=O) groups excluding carboxylic acids is 3. The maximum Gasteiger partial charge on any atom is 0.298 e. The van der Waals surface area contributed by atoms with Crippen molar-refractivity contribution in [1.82, 2.24) is 19.2 Å². The number of para-hydroxylation sites is 2. The molecule has 0 radical (unpaired) electrons. The topological polar surface area (TPSA) is 140 Å². The van der Waals surface area contributed by atoms with Crippen LogP contribution in [0.25, 0.3) is 11.0 Å². The fourth-order valence-corrected chi connectivity index (χ4v) is 9.15. The molecule has 52 heavy (non-hydrogen) atoms. The van der Waals surface area contributed by atoms with Crippen molar-refractivity contribution in [1.29, 1.82) is 0 Å². The minimum Gasteiger partial charge on any atom is -0.459 e. The summed E-state index contributed by atoms with van der Waals surface area (Å²) >= 11 is 0. The predicted octanol–water partition coefficient (Wildman–Crippen LogP) is 6.07. The first-order chi connectivity index (χ1) is 24.8. The van der Waals surface area contributed by atoms with Gasteiger partial charge in [-0.25, -0.2) is 12.8 Å². The molecule has 2 aromatic carbocycles. The number of nitrogens with one attached hydrogen (secondary N) is 2. The second-order valence-corrected chi connectivity index (χ2v) is 17.8. The first-order valence-electron chi connectivity index (χ1n) is 18.5. The highest BCUT2D eigenvalue weighted by Gasteiger charge is 2.62. The standard InChI is InChI=1S/C39H48FN5O6S/c1-25(2)45-34-29(40)16-12-18-30(34)42-37(45)51-28-21-32-33(46)23-39(36(48)43-52(49,50)38(3)19-20-38)22-26(39)13-8-5-4-6-11-17-31(35(47)44(32)24-28)41-27-14-9-7-10-15-27/h7-10,12-16,18,25-26,28,31-32,41H,4-6,11,17,19-24H2,1-3H3,(H,43,48)/b13-8-/t26-,28-,31+,32+,39-/m1/s1. The molecule has 2 saturated carbocycles. The zero-order valence-corrected chi connectivity index (χ0v) is 30.8. The number of ketones is 1. The average Bonchev–Trinajstić information content (AvgIpc) is 3.92. The highest BCUT2D eigenvalue weighted by Crippen LogP contribution is 2.57. The average molecular weight is 734 g/mol. The lowest BCUT2D eigenvalue weighted by atomic mass is 9.91. The Bertz CT molecular complexity index is 1990. The molecule has 1 aromatic heterocycles. The molecular weight excluding hydrogens is 686 g/mol. The molecule has 2 aliphatic carbocycles. The number of halogens is 1. The number of imidazole rings is 1. The molecule has 0 spiro atoms. The second kappa shape index (κ2) is 13.9. The molecule has 278 valence electrons. The molecule has 7 rings (SSSR count). The van der Waals surface area contributed by atoms with Gasteiger partial charge in [-0.1, -0.05) is 49.3 Å². The monoisotopic (exact) mass is 733 g/mol. The number of aromatic nitrogens is 2. The zero-order chi connectivity index (χ0) is 36.8. The van der Waals surface area contributed by atoms with Crippen LogP contribution in [0, 0.1) is 17.2 Å². The molecular formula is C39H48FN5O6S. The van der Waals surface area contributed by atoms with Gasteiger partial charge in [0.2, 0.25) is 21.8 Å². The molecule has 3 heterocycles. The normalized spacial score (nSPS) is 28.4. The lowest BCUT2D eigenvalue weighted by Gasteiger charge is -2.30. The van der Waals surface area contributed by atoms with Gasteiger partial charge < -0.3 is 15.0 Å². The Morgan fingerprint density at radius 1 is 1.06 bits per heavy atom. The number of Topliss-reactive ketones (excluding diaryl/α,β-unsaturated/α-hetero) is 1. The summed E-state index contributed by atoms with van der Waals surface area (Å²) in [5.41, 5.74) is 0.304. The summed E-state index contributed by atoms with van der Waals surface area (Å²) < 4.78 is 50.9. The molecule has 11 nitrogen and oxygen atoms in total. The van der Waals surface area contributed by atoms with Crippen LogP contribution in [0.1, 0.15) is 91.0 Å². The molecule has 0 bridgehead atoms. The Morgan fingerprint density at radius 2 is 1.83 bits per heavy atom. The van der Waals surface area contributed by atoms with Gasteiger partial charge >= 0.3 is 0 Å². The van der Waals surface area contributed by atoms with Crippen LogP contribution < -0.4 is 14.8 Å². The highest BCUT2D eigenvalue weighted by atomic mass is 32.2. The van der Waals surface area contributed by atoms with Crippen LogP contribution >= 0.6 is 0 Å². The molecule has 3 fully saturated rings. The lowest BCUT2D eigenvalue weighted by Crippen LogP contribution is -2.49. The number of nitrogens with zero attached hydrogens (tertiary/aromatic N) is 3. The second-order valence-electron chi connectivity index (χ2n) is 15.6. The van der Waals surface area contributed by atoms with E-state index in [-0.39, 0.29) is 49.0 Å². The number of sulfonamides is 1. The van der Waals surface area contributed by atoms with Crippen LogP contribution in [0.5, 0.6) is 6.01 Å². The van der Waals surface area contributed by atoms with E-state index in [1.807, 2.05) is 56.3 Å². The van der Waals surface area contributed by atoms with Crippen molar-refractivity contribution >= 4 is 44.3 Å². The van der Waals surface area contributed by atoms with Gasteiger partial charge in [-0.05, 0) is 89.5 Å². The van der Waals surface area contributed by atoms with Gasteiger partial charge in [0.1, 0.15) is 23.5 Å². The number of carbonyl (C=O) groups is 3. The third kappa shape index (κ3) is 6.95. The van der Waals surface area contributed by atoms with Crippen LogP contribution in [-0.4, -0.2) is 69.9 Å². The molecule has 0 unspecified atom stereocenters. The van der Waals surface area contributed by atoms with Crippen LogP contribution in [-0.2, 0) is 24.4 Å². The zero-order valence-electron chi connectivity index (χ0n) is 30.0. The molecule has 13 heteroatoms. The Morgan fingerprint density at radius 3 is 2.56 bits per heavy atom. The largest absolute Gasteiger partial charge is 0.459 e. The number of fused-ring (bicyclic) bond motifs is 3. The summed E-state index contributed by atoms with van der Waals surface area (Å²) in [7, 11) is -3.93. The van der Waals surface area contributed by atoms with E-state index < -0.39 is 50.1 Å². The lowest BCUT2D eigenvalue weighted by molar-refractivity contribution is -0.139. The van der Waals surface area contributed by atoms with E-state index in [4.69, 9.17) is 4.74 Å². The fraction of sp³-hybridized carbons (Fsp3) is 0.538. The third-order valence-corrected chi connectivity index (χ3v) is 13.5. The van der Waals surface area contributed by atoms with E-state index in [1.54, 1.807) is 28.5 Å². The highest BCUT2D eigenvalue weighted by molar-refractivity contribution is 7.91. The smallest absolute Gasteiger partial charge is 0.298 e. The Kier molecular flexibility index (Phi) is 9.68. The van der Waals surface area contributed by atoms with E-state index in [0.29, 0.717) is 36.7 Å². The first kappa shape index (κ1) is 36.1. The van der Waals surface area contributed by atoms with Gasteiger partial charge in [0.25, 0.3) is 6.01 Å². The van der Waals surface area contributed by atoms with Crippen molar-refractivity contribution in [3.63, 3.8) is 0 Å². The Labute approximate surface area is 304 Å². The summed E-state index contributed by atoms with van der Waals surface area (Å²) in [6, 6.07) is 12.6. The van der Waals surface area contributed by atoms with E-state index >= 15 is 4.39 Å². The Hall–Kier alpha value is -4.26. The Balaban J connectivity index is 1.21. The molecule has 3 aromatic rings. The number of hydrogen-bond donors (Lipinski definition) is 2. The number of hydrogen-bond acceptors (Lipinski definition) is 8. The molecule has 4 aliphatic rings. The van der Waals surface area contributed by atoms with Crippen molar-refractivity contribution in [3.05, 3.63) is 66.5 Å². The minimum absolute atomic E-state index is 0.0846. The minimum atomic E-state index is -3.93. The quantitative estimate of drug-likeness (QED) is 0.266. The molecule has 2 N–H and O–H groups in total. The third-order valence-electron chi connectivity index (χ3n) is 11.4. The SMILES string of the molecule is CC(C)n1c(O[C@@H]2C[C@H]3C(=O)C[C@]4(C(=O)NS(=O)(=O)C5(C)CC5)C[C@H]4/C=C\CCCCC[C@H](Nc4ccccc4)C(=O)N3C2)nc2cccc(F)c21. The van der Waals surface area contributed by atoms with E-state index in [2.05, 4.69) is 15.0 Å². The maximum absolute atomic E-state index is 15.0. The van der Waals surface area contributed by atoms with E-state index in [0.717, 1.165) is 31.4 Å². The van der Waals surface area contributed by atoms with Crippen LogP contribution in [0.2, 0.25) is 0 Å². The van der Waals surface area contributed by atoms with Gasteiger partial charge in [0.05, 0.1) is 28.3 Å². The van der Waals surface area contributed by atoms with Crippen molar-refractivity contribution in [2.45, 2.75) is 114 Å². The number of ether oxygens (including phenoxy) is 1. The predicted molar refractivity (Wildman–Crippen MR) is 196 cm³/mol. The number of allylic oxidation sites excluding steroid dienone is 2. The number of benzene rings is 2. The van der Waals surface area contributed by atoms with Gasteiger partial charge in [0, 0.05) is 24.6 Å². The van der Waals surface area contributed by atoms with Crippen LogP contribution in [0.15, 0.2) is 60.7 Å². The molecule has 5 atom stereocenters. The fourth-order valence-electron chi connectivity index (χ4n) is 7.82. The van der Waals surface area contributed by atoms with Crippen LogP contribution in [0.4, 0.5) is 10.1 Å². The molecule has 2 amide bonds. The van der Waals surface area contributed by atoms with Crippen molar-refractivity contribution < 1.29 is 31.9 Å². The van der Waals surface area contributed by atoms with E-state index in [1.165, 1.54) is 6.07 Å². The molecule has 2 aliphatic heterocycles. The van der Waals surface area contributed by atoms with Gasteiger partial charge in [-0.3, -0.25) is 23.7 Å². The number of amides is 2. The van der Waals surface area contributed by atoms with E-state index in [9.17, 15) is 22.8 Å². The first-order valence-corrected chi connectivity index (χ1v) is 20.0. The van der Waals surface area contributed by atoms with Gasteiger partial charge in [0.15, 0.2) is 5.78 Å². The van der Waals surface area contributed by atoms with Crippen molar-refractivity contribution in [3.8, 4) is 6.01 Å². The number of anilines is 1.